The van der Waals surface area contributed by atoms with E-state index in [1.807, 2.05) is 13.0 Å². The number of nitrogens with zero attached hydrogens (tertiary/aromatic N) is 2. The molecule has 2 N–H and O–H groups in total. The number of aromatic nitrogens is 1. The van der Waals surface area contributed by atoms with E-state index >= 15 is 0 Å². The molecule has 0 saturated carbocycles. The van der Waals surface area contributed by atoms with Crippen molar-refractivity contribution in [2.45, 2.75) is 39.3 Å². The molecule has 1 atom stereocenters. The summed E-state index contributed by atoms with van der Waals surface area (Å²) in [6, 6.07) is 9.93. The third-order valence-electron chi connectivity index (χ3n) is 5.26. The molecule has 0 bridgehead atoms. The van der Waals surface area contributed by atoms with Gasteiger partial charge in [-0.2, -0.15) is 5.26 Å². The molecule has 1 unspecified atom stereocenters. The number of halogens is 1. The Kier molecular flexibility index (Phi) is 8.18. The van der Waals surface area contributed by atoms with Crippen molar-refractivity contribution < 1.29 is 24.2 Å². The number of aliphatic hydroxyl groups is 1. The first-order valence-electron chi connectivity index (χ1n) is 11.0. The van der Waals surface area contributed by atoms with Crippen LogP contribution in [0.3, 0.4) is 0 Å². The first kappa shape index (κ1) is 25.8. The summed E-state index contributed by atoms with van der Waals surface area (Å²) < 4.78 is 12.0. The van der Waals surface area contributed by atoms with Gasteiger partial charge in [0.05, 0.1) is 35.1 Å². The third-order valence-corrected chi connectivity index (χ3v) is 5.59. The van der Waals surface area contributed by atoms with Gasteiger partial charge < -0.3 is 19.4 Å². The number of carbonyl (C=O) groups excluding carboxylic acids is 1. The molecule has 0 aliphatic carbocycles. The Bertz CT molecular complexity index is 1460. The average Bonchev–Trinajstić information content (AvgIpc) is 3.29. The lowest BCUT2D eigenvalue weighted by molar-refractivity contribution is 0.0500. The molecule has 3 rings (SSSR count). The van der Waals surface area contributed by atoms with Crippen LogP contribution in [0, 0.1) is 11.3 Å². The molecule has 0 aliphatic heterocycles. The number of aliphatic hydroxyl groups excluding tert-OH is 1. The van der Waals surface area contributed by atoms with Gasteiger partial charge in [0.15, 0.2) is 0 Å². The summed E-state index contributed by atoms with van der Waals surface area (Å²) in [5.41, 5.74) is -0.0251. The second-order valence-corrected chi connectivity index (χ2v) is 8.41. The largest absolute Gasteiger partial charge is 0.493 e. The maximum atomic E-state index is 13.0. The first-order chi connectivity index (χ1) is 16.7. The van der Waals surface area contributed by atoms with E-state index in [4.69, 9.17) is 20.8 Å². The Morgan fingerprint density at radius 3 is 2.77 bits per heavy atom. The van der Waals surface area contributed by atoms with Crippen LogP contribution in [0.4, 0.5) is 0 Å². The summed E-state index contributed by atoms with van der Waals surface area (Å²) in [7, 11) is 0. The monoisotopic (exact) mass is 496 g/mol. The molecular formula is C26H25ClN2O6. The highest BCUT2D eigenvalue weighted by Crippen LogP contribution is 2.27. The van der Waals surface area contributed by atoms with Crippen LogP contribution in [0.1, 0.15) is 48.4 Å². The molecule has 182 valence electrons. The molecule has 0 radical (unpaired) electrons. The van der Waals surface area contributed by atoms with Crippen molar-refractivity contribution in [2.24, 2.45) is 0 Å². The van der Waals surface area contributed by atoms with Crippen LogP contribution in [-0.4, -0.2) is 33.5 Å². The lowest BCUT2D eigenvalue weighted by Crippen LogP contribution is -2.46. The predicted octanol–water partition coefficient (Wildman–Crippen LogP) is 2.92. The van der Waals surface area contributed by atoms with Crippen LogP contribution in [0.5, 0.6) is 5.88 Å². The van der Waals surface area contributed by atoms with E-state index in [9.17, 15) is 25.1 Å². The quantitative estimate of drug-likeness (QED) is 0.362. The fourth-order valence-electron chi connectivity index (χ4n) is 3.42. The van der Waals surface area contributed by atoms with Gasteiger partial charge in [0, 0.05) is 10.8 Å². The first-order valence-corrected chi connectivity index (χ1v) is 11.4. The maximum Gasteiger partial charge on any atom is 0.339 e. The number of esters is 1. The number of hydrogen-bond donors (Lipinski definition) is 2. The van der Waals surface area contributed by atoms with Crippen LogP contribution < -0.4 is 16.0 Å². The minimum atomic E-state index is -0.934. The lowest BCUT2D eigenvalue weighted by atomic mass is 10.1. The number of benzene rings is 1. The number of carbonyl (C=O) groups is 1. The average molecular weight is 497 g/mol. The van der Waals surface area contributed by atoms with Crippen LogP contribution in [-0.2, 0) is 11.3 Å². The van der Waals surface area contributed by atoms with Crippen molar-refractivity contribution in [1.82, 2.24) is 4.57 Å². The van der Waals surface area contributed by atoms with Crippen LogP contribution in [0.2, 0.25) is 5.02 Å². The molecule has 1 aromatic carbocycles. The van der Waals surface area contributed by atoms with Crippen LogP contribution in [0.25, 0.3) is 24.0 Å². The Balaban J connectivity index is 2.04. The number of rotatable bonds is 8. The van der Waals surface area contributed by atoms with E-state index < -0.39 is 23.5 Å². The van der Waals surface area contributed by atoms with E-state index in [-0.39, 0.29) is 38.9 Å². The van der Waals surface area contributed by atoms with Crippen molar-refractivity contribution in [1.29, 1.82) is 5.26 Å². The van der Waals surface area contributed by atoms with Gasteiger partial charge in [-0.1, -0.05) is 31.5 Å². The van der Waals surface area contributed by atoms with Crippen molar-refractivity contribution in [3.05, 3.63) is 73.0 Å². The third kappa shape index (κ3) is 5.65. The fraction of sp³-hybridized carbons (Fsp3) is 0.269. The van der Waals surface area contributed by atoms with Crippen molar-refractivity contribution >= 4 is 30.2 Å². The van der Waals surface area contributed by atoms with Gasteiger partial charge in [-0.3, -0.25) is 9.36 Å². The van der Waals surface area contributed by atoms with E-state index in [1.54, 1.807) is 30.3 Å². The van der Waals surface area contributed by atoms with E-state index in [0.29, 0.717) is 17.9 Å². The number of nitriles is 1. The highest BCUT2D eigenvalue weighted by Gasteiger charge is 2.17. The van der Waals surface area contributed by atoms with Gasteiger partial charge in [-0.15, -0.1) is 0 Å². The number of hydrogen-bond acceptors (Lipinski definition) is 7. The van der Waals surface area contributed by atoms with Crippen molar-refractivity contribution in [3.63, 3.8) is 0 Å². The van der Waals surface area contributed by atoms with Gasteiger partial charge >= 0.3 is 5.97 Å². The second-order valence-electron chi connectivity index (χ2n) is 8.00. The second kappa shape index (κ2) is 11.1. The molecule has 9 heteroatoms. The van der Waals surface area contributed by atoms with Crippen molar-refractivity contribution in [2.75, 3.05) is 6.61 Å². The van der Waals surface area contributed by atoms with Gasteiger partial charge in [-0.25, -0.2) is 4.79 Å². The van der Waals surface area contributed by atoms with E-state index in [2.05, 4.69) is 6.58 Å². The minimum absolute atomic E-state index is 0.0391. The van der Waals surface area contributed by atoms with E-state index in [1.165, 1.54) is 13.0 Å². The molecule has 3 aromatic rings. The number of ether oxygens (including phenoxy) is 1. The summed E-state index contributed by atoms with van der Waals surface area (Å²) in [4.78, 5) is 25.4. The molecule has 2 aromatic heterocycles. The van der Waals surface area contributed by atoms with Crippen LogP contribution >= 0.6 is 11.6 Å². The summed E-state index contributed by atoms with van der Waals surface area (Å²) >= 11 is 6.18. The number of furan rings is 1. The molecule has 0 fully saturated rings. The molecule has 8 nitrogen and oxygen atoms in total. The van der Waals surface area contributed by atoms with Gasteiger partial charge in [-0.05, 0) is 49.8 Å². The zero-order valence-electron chi connectivity index (χ0n) is 19.4. The zero-order valence-corrected chi connectivity index (χ0v) is 20.1. The topological polar surface area (TPSA) is 126 Å². The normalized spacial score (nSPS) is 12.4. The molecule has 35 heavy (non-hydrogen) atoms. The van der Waals surface area contributed by atoms with Gasteiger partial charge in [0.1, 0.15) is 23.2 Å². The number of unbranched alkanes of at least 4 members (excludes halogenated alkanes) is 1. The standard InChI is InChI=1S/C26H25ClN2O6/c1-4-5-10-34-26(33)20-11-17(6-8-22(20)27)23-9-7-18(35-23)12-19-16(3)21(13-28)25(32)29(24(19)31)14-15(2)30/h6-9,11-12,15,30,32H,3-5,10,14H2,1-2H3. The highest BCUT2D eigenvalue weighted by atomic mass is 35.5. The Morgan fingerprint density at radius 1 is 1.37 bits per heavy atom. The molecule has 0 saturated heterocycles. The van der Waals surface area contributed by atoms with Crippen LogP contribution in [0.15, 0.2) is 39.5 Å². The maximum absolute atomic E-state index is 13.0. The lowest BCUT2D eigenvalue weighted by Gasteiger charge is -2.12. The van der Waals surface area contributed by atoms with Gasteiger partial charge in [0.2, 0.25) is 5.88 Å². The summed E-state index contributed by atoms with van der Waals surface area (Å²) in [6.45, 7) is 7.31. The molecule has 0 spiro atoms. The highest BCUT2D eigenvalue weighted by molar-refractivity contribution is 6.33. The SMILES string of the molecule is C=c1c(C#N)c(O)n(CC(C)O)c(=O)c1=Cc1ccc(-c2ccc(Cl)c(C(=O)OCCCC)c2)o1. The minimum Gasteiger partial charge on any atom is -0.493 e. The number of pyridine rings is 1. The smallest absolute Gasteiger partial charge is 0.339 e. The summed E-state index contributed by atoms with van der Waals surface area (Å²) in [5.74, 6) is -0.399. The Hall–Kier alpha value is -3.80. The van der Waals surface area contributed by atoms with Gasteiger partial charge in [0.25, 0.3) is 5.56 Å². The molecule has 0 aliphatic rings. The predicted molar refractivity (Wildman–Crippen MR) is 131 cm³/mol. The van der Waals surface area contributed by atoms with Crippen molar-refractivity contribution in [3.8, 4) is 23.3 Å². The molecule has 2 heterocycles. The molecular weight excluding hydrogens is 472 g/mol. The number of aromatic hydroxyl groups is 1. The molecule has 0 amide bonds. The summed E-state index contributed by atoms with van der Waals surface area (Å²) in [6.07, 6.45) is 2.11. The Labute approximate surface area is 206 Å². The summed E-state index contributed by atoms with van der Waals surface area (Å²) in [5, 5.41) is 29.8. The van der Waals surface area contributed by atoms with E-state index in [0.717, 1.165) is 17.4 Å². The fourth-order valence-corrected chi connectivity index (χ4v) is 3.62. The zero-order chi connectivity index (χ0) is 25.7. The Morgan fingerprint density at radius 2 is 2.11 bits per heavy atom.